The average Bonchev–Trinajstić information content (AvgIpc) is 2.95. The molecule has 226 valence electrons. The molecular weight excluding hydrogens is 528 g/mol. The molecule has 0 bridgehead atoms. The van der Waals surface area contributed by atoms with Crippen LogP contribution in [0.3, 0.4) is 0 Å². The summed E-state index contributed by atoms with van der Waals surface area (Å²) in [5.74, 6) is -2.68. The van der Waals surface area contributed by atoms with Crippen LogP contribution in [-0.4, -0.2) is 73.3 Å². The number of nitrogens with zero attached hydrogens (tertiary/aromatic N) is 1. The maximum atomic E-state index is 13.6. The molecule has 1 heterocycles. The molecule has 0 spiro atoms. The number of rotatable bonds is 8. The number of guanidine groups is 1. The third-order valence-electron chi connectivity index (χ3n) is 6.91. The minimum absolute atomic E-state index is 0.0218. The number of carbonyl (C=O) groups is 5. The molecule has 0 saturated carbocycles. The second-order valence-electron chi connectivity index (χ2n) is 10.5. The van der Waals surface area contributed by atoms with E-state index in [1.165, 1.54) is 0 Å². The molecule has 1 aliphatic rings. The number of benzene rings is 1. The summed E-state index contributed by atoms with van der Waals surface area (Å²) < 4.78 is 0. The minimum atomic E-state index is -1.44. The van der Waals surface area contributed by atoms with Crippen LogP contribution < -0.4 is 37.6 Å². The Balaban J connectivity index is 2.43. The van der Waals surface area contributed by atoms with Gasteiger partial charge in [-0.1, -0.05) is 51.1 Å². The van der Waals surface area contributed by atoms with Gasteiger partial charge in [0.15, 0.2) is 5.96 Å². The third-order valence-corrected chi connectivity index (χ3v) is 6.91. The zero-order valence-electron chi connectivity index (χ0n) is 24.5. The highest BCUT2D eigenvalue weighted by molar-refractivity contribution is 5.97. The van der Waals surface area contributed by atoms with Crippen molar-refractivity contribution >= 4 is 35.5 Å². The number of aliphatic imine (C=N–C) groups is 1. The largest absolute Gasteiger partial charge is 0.370 e. The van der Waals surface area contributed by atoms with Crippen molar-refractivity contribution < 1.29 is 24.0 Å². The predicted molar refractivity (Wildman–Crippen MR) is 155 cm³/mol. The van der Waals surface area contributed by atoms with Gasteiger partial charge in [-0.15, -0.1) is 0 Å². The first-order valence-corrected chi connectivity index (χ1v) is 13.9. The Morgan fingerprint density at radius 2 is 1.71 bits per heavy atom. The van der Waals surface area contributed by atoms with E-state index in [0.717, 1.165) is 0 Å². The molecule has 1 saturated heterocycles. The molecule has 41 heavy (non-hydrogen) atoms. The first kappa shape index (κ1) is 33.0. The van der Waals surface area contributed by atoms with Crippen molar-refractivity contribution in [2.75, 3.05) is 20.1 Å². The summed E-state index contributed by atoms with van der Waals surface area (Å²) in [6, 6.07) is 5.72. The summed E-state index contributed by atoms with van der Waals surface area (Å²) in [6.45, 7) is 7.11. The Bertz CT molecular complexity index is 1110. The van der Waals surface area contributed by atoms with Crippen LogP contribution >= 0.6 is 0 Å². The lowest BCUT2D eigenvalue weighted by Crippen LogP contribution is -2.63. The van der Waals surface area contributed by atoms with Gasteiger partial charge >= 0.3 is 0 Å². The van der Waals surface area contributed by atoms with E-state index in [9.17, 15) is 24.0 Å². The molecule has 1 unspecified atom stereocenters. The van der Waals surface area contributed by atoms with Gasteiger partial charge in [-0.3, -0.25) is 29.0 Å². The van der Waals surface area contributed by atoms with Gasteiger partial charge in [-0.05, 0) is 38.2 Å². The monoisotopic (exact) mass is 572 g/mol. The number of hydrogen-bond acceptors (Lipinski definition) is 6. The lowest BCUT2D eigenvalue weighted by atomic mass is 9.94. The fourth-order valence-corrected chi connectivity index (χ4v) is 4.19. The molecule has 0 radical (unpaired) electrons. The van der Waals surface area contributed by atoms with Crippen LogP contribution in [0.4, 0.5) is 0 Å². The molecule has 4 atom stereocenters. The highest BCUT2D eigenvalue weighted by Crippen LogP contribution is 2.17. The lowest BCUT2D eigenvalue weighted by molar-refractivity contribution is -0.138. The zero-order chi connectivity index (χ0) is 30.6. The first-order valence-electron chi connectivity index (χ1n) is 13.9. The minimum Gasteiger partial charge on any atom is -0.370 e. The van der Waals surface area contributed by atoms with Crippen LogP contribution in [0.2, 0.25) is 0 Å². The molecule has 13 nitrogen and oxygen atoms in total. The van der Waals surface area contributed by atoms with Gasteiger partial charge in [-0.2, -0.15) is 0 Å². The van der Waals surface area contributed by atoms with E-state index < -0.39 is 53.2 Å². The molecule has 0 aliphatic carbocycles. The molecule has 8 N–H and O–H groups in total. The van der Waals surface area contributed by atoms with Gasteiger partial charge in [0.2, 0.25) is 29.5 Å². The highest BCUT2D eigenvalue weighted by Gasteiger charge is 2.38. The summed E-state index contributed by atoms with van der Waals surface area (Å²) in [5.41, 5.74) is 4.80. The lowest BCUT2D eigenvalue weighted by Gasteiger charge is -2.33. The maximum absolute atomic E-state index is 13.6. The second kappa shape index (κ2) is 15.6. The molecular formula is C28H44N8O5. The molecule has 1 aliphatic heterocycles. The number of amides is 5. The van der Waals surface area contributed by atoms with Crippen molar-refractivity contribution in [3.8, 4) is 0 Å². The molecule has 13 heteroatoms. The smallest absolute Gasteiger partial charge is 0.247 e. The van der Waals surface area contributed by atoms with Crippen LogP contribution in [0, 0.1) is 5.92 Å². The van der Waals surface area contributed by atoms with Crippen molar-refractivity contribution in [2.45, 2.75) is 77.0 Å². The van der Waals surface area contributed by atoms with Crippen molar-refractivity contribution in [3.63, 3.8) is 0 Å². The third kappa shape index (κ3) is 9.76. The fraction of sp³-hybridized carbons (Fsp3) is 0.571. The van der Waals surface area contributed by atoms with Crippen LogP contribution in [0.5, 0.6) is 0 Å². The first-order chi connectivity index (χ1) is 19.4. The standard InChI is InChI=1S/C28H44N8O5/c1-6-19-23(38)35-21(18-11-8-7-9-12-18)25(40)31-16-14-28(4,36-22(37)17(2)3)26(41)34-20(24(39)33-19)13-10-15-32-27(29)30-5/h7-9,11-12,17,19-21H,6,10,13-16H2,1-5H3,(H,31,40)(H,33,39)(H,34,41)(H,35,38)(H,36,37)(H3,29,30,32)/t19-,20?,21+,28+/m0/s1. The van der Waals surface area contributed by atoms with Crippen molar-refractivity contribution in [1.82, 2.24) is 31.9 Å². The van der Waals surface area contributed by atoms with Crippen molar-refractivity contribution in [3.05, 3.63) is 35.9 Å². The Kier molecular flexibility index (Phi) is 12.6. The number of hydrogen-bond donors (Lipinski definition) is 7. The Hall–Kier alpha value is -4.16. The van der Waals surface area contributed by atoms with Crippen LogP contribution in [-0.2, 0) is 24.0 Å². The van der Waals surface area contributed by atoms with Gasteiger partial charge in [0, 0.05) is 26.1 Å². The van der Waals surface area contributed by atoms with E-state index in [-0.39, 0.29) is 37.7 Å². The fourth-order valence-electron chi connectivity index (χ4n) is 4.19. The van der Waals surface area contributed by atoms with Crippen LogP contribution in [0.25, 0.3) is 0 Å². The van der Waals surface area contributed by atoms with Gasteiger partial charge in [0.25, 0.3) is 0 Å². The molecule has 1 aromatic rings. The van der Waals surface area contributed by atoms with Crippen molar-refractivity contribution in [1.29, 1.82) is 0 Å². The van der Waals surface area contributed by atoms with E-state index in [1.54, 1.807) is 65.1 Å². The van der Waals surface area contributed by atoms with Gasteiger partial charge in [0.05, 0.1) is 0 Å². The number of nitrogens with one attached hydrogen (secondary N) is 6. The Morgan fingerprint density at radius 1 is 1.05 bits per heavy atom. The predicted octanol–water partition coefficient (Wildman–Crippen LogP) is -0.411. The summed E-state index contributed by atoms with van der Waals surface area (Å²) in [6.07, 6.45) is 0.944. The van der Waals surface area contributed by atoms with E-state index >= 15 is 0 Å². The number of carbonyl (C=O) groups excluding carboxylic acids is 5. The second-order valence-corrected chi connectivity index (χ2v) is 10.5. The molecule has 0 aromatic heterocycles. The molecule has 2 rings (SSSR count). The van der Waals surface area contributed by atoms with E-state index in [2.05, 4.69) is 36.9 Å². The summed E-state index contributed by atoms with van der Waals surface area (Å²) in [4.78, 5) is 70.1. The Morgan fingerprint density at radius 3 is 2.32 bits per heavy atom. The van der Waals surface area contributed by atoms with Crippen molar-refractivity contribution in [2.24, 2.45) is 16.6 Å². The highest BCUT2D eigenvalue weighted by atomic mass is 16.2. The van der Waals surface area contributed by atoms with E-state index in [1.807, 2.05) is 0 Å². The van der Waals surface area contributed by atoms with Gasteiger partial charge < -0.3 is 37.6 Å². The van der Waals surface area contributed by atoms with Crippen LogP contribution in [0.1, 0.15) is 65.0 Å². The summed E-state index contributed by atoms with van der Waals surface area (Å²) in [5, 5.41) is 16.7. The zero-order valence-corrected chi connectivity index (χ0v) is 24.5. The van der Waals surface area contributed by atoms with Gasteiger partial charge in [0.1, 0.15) is 23.7 Å². The molecule has 1 fully saturated rings. The topological polar surface area (TPSA) is 196 Å². The normalized spacial score (nSPS) is 24.8. The maximum Gasteiger partial charge on any atom is 0.247 e. The average molecular weight is 573 g/mol. The number of nitrogens with two attached hydrogens (primary N) is 1. The molecule has 1 aromatic carbocycles. The summed E-state index contributed by atoms with van der Waals surface area (Å²) in [7, 11) is 1.54. The van der Waals surface area contributed by atoms with Crippen LogP contribution in [0.15, 0.2) is 35.3 Å². The van der Waals surface area contributed by atoms with E-state index in [4.69, 9.17) is 5.73 Å². The van der Waals surface area contributed by atoms with Gasteiger partial charge in [-0.25, -0.2) is 0 Å². The van der Waals surface area contributed by atoms with E-state index in [0.29, 0.717) is 18.5 Å². The SMILES string of the molecule is CC[C@@H]1NC(=O)C(CCCNC(N)=NC)NC(=O)[C@](C)(NC(=O)C(C)C)CCNC(=O)[C@@H](c2ccccc2)NC1=O. The Labute approximate surface area is 241 Å². The molecule has 5 amide bonds. The quantitative estimate of drug-likeness (QED) is 0.125. The summed E-state index contributed by atoms with van der Waals surface area (Å²) >= 11 is 0.